The molecule has 11 heteroatoms. The van der Waals surface area contributed by atoms with Gasteiger partial charge in [-0.3, -0.25) is 9.59 Å². The highest BCUT2D eigenvalue weighted by atomic mass is 19.4. The van der Waals surface area contributed by atoms with E-state index in [0.717, 1.165) is 42.3 Å². The van der Waals surface area contributed by atoms with Crippen molar-refractivity contribution in [2.24, 2.45) is 0 Å². The topological polar surface area (TPSA) is 116 Å². The molecule has 1 aromatic carbocycles. The largest absolute Gasteiger partial charge is 0.416 e. The minimum atomic E-state index is -4.54. The van der Waals surface area contributed by atoms with Gasteiger partial charge in [0.15, 0.2) is 5.82 Å². The van der Waals surface area contributed by atoms with Crippen molar-refractivity contribution in [1.82, 2.24) is 19.5 Å². The molecule has 5 rings (SSSR count). The fourth-order valence-corrected chi connectivity index (χ4v) is 4.50. The lowest BCUT2D eigenvalue weighted by molar-refractivity contribution is -0.137. The number of anilines is 2. The number of pyridine rings is 1. The van der Waals surface area contributed by atoms with Crippen molar-refractivity contribution in [3.63, 3.8) is 0 Å². The molecule has 0 atom stereocenters. The van der Waals surface area contributed by atoms with Crippen LogP contribution >= 0.6 is 0 Å². The number of benzene rings is 1. The average molecular weight is 494 g/mol. The van der Waals surface area contributed by atoms with Gasteiger partial charge in [0.2, 0.25) is 0 Å². The molecule has 0 aliphatic heterocycles. The monoisotopic (exact) mass is 494 g/mol. The van der Waals surface area contributed by atoms with Gasteiger partial charge in [0.05, 0.1) is 11.1 Å². The number of nitrogen functional groups attached to an aromatic ring is 1. The number of hydrogen-bond donors (Lipinski definition) is 2. The minimum absolute atomic E-state index is 0.172. The Bertz CT molecular complexity index is 1450. The first kappa shape index (κ1) is 23.5. The highest BCUT2D eigenvalue weighted by Crippen LogP contribution is 2.38. The van der Waals surface area contributed by atoms with Crippen molar-refractivity contribution in [3.05, 3.63) is 71.8 Å². The van der Waals surface area contributed by atoms with Gasteiger partial charge in [-0.25, -0.2) is 15.0 Å². The van der Waals surface area contributed by atoms with Crippen LogP contribution in [0.4, 0.5) is 24.8 Å². The number of carbonyl (C=O) groups excluding carboxylic acids is 2. The molecule has 8 nitrogen and oxygen atoms in total. The number of fused-ring (bicyclic) bond motifs is 1. The predicted molar refractivity (Wildman–Crippen MR) is 127 cm³/mol. The number of aromatic nitrogens is 4. The van der Waals surface area contributed by atoms with E-state index in [9.17, 15) is 22.8 Å². The second kappa shape index (κ2) is 9.06. The Labute approximate surface area is 203 Å². The second-order valence-corrected chi connectivity index (χ2v) is 8.65. The zero-order valence-corrected chi connectivity index (χ0v) is 18.9. The van der Waals surface area contributed by atoms with Gasteiger partial charge in [0, 0.05) is 36.5 Å². The first-order chi connectivity index (χ1) is 17.2. The summed E-state index contributed by atoms with van der Waals surface area (Å²) in [4.78, 5) is 36.7. The summed E-state index contributed by atoms with van der Waals surface area (Å²) < 4.78 is 40.7. The van der Waals surface area contributed by atoms with Crippen LogP contribution < -0.4 is 11.1 Å². The number of alkyl halides is 3. The molecule has 3 aromatic heterocycles. The molecule has 3 heterocycles. The smallest absolute Gasteiger partial charge is 0.382 e. The summed E-state index contributed by atoms with van der Waals surface area (Å²) >= 11 is 0. The van der Waals surface area contributed by atoms with Crippen molar-refractivity contribution in [3.8, 4) is 5.69 Å². The summed E-state index contributed by atoms with van der Waals surface area (Å²) in [6, 6.07) is 8.14. The van der Waals surface area contributed by atoms with Gasteiger partial charge in [0.25, 0.3) is 5.91 Å². The minimum Gasteiger partial charge on any atom is -0.382 e. The Morgan fingerprint density at radius 1 is 1.06 bits per heavy atom. The van der Waals surface area contributed by atoms with Crippen LogP contribution in [0.15, 0.2) is 55.1 Å². The number of amides is 1. The molecule has 1 amide bonds. The van der Waals surface area contributed by atoms with Crippen LogP contribution in [0.5, 0.6) is 0 Å². The van der Waals surface area contributed by atoms with Crippen molar-refractivity contribution >= 4 is 34.4 Å². The first-order valence-corrected chi connectivity index (χ1v) is 11.3. The Hall–Kier alpha value is -4.28. The van der Waals surface area contributed by atoms with Crippen LogP contribution in [-0.2, 0) is 11.0 Å². The normalized spacial score (nSPS) is 14.8. The number of carbonyl (C=O) groups is 2. The summed E-state index contributed by atoms with van der Waals surface area (Å²) in [5.41, 5.74) is 8.57. The molecule has 0 radical (unpaired) electrons. The lowest BCUT2D eigenvalue weighted by Gasteiger charge is -2.20. The summed E-state index contributed by atoms with van der Waals surface area (Å²) in [5.74, 6) is -0.0587. The van der Waals surface area contributed by atoms with E-state index in [-0.39, 0.29) is 23.1 Å². The highest BCUT2D eigenvalue weighted by molar-refractivity contribution is 6.04. The first-order valence-electron chi connectivity index (χ1n) is 11.3. The molecular formula is C25H21F3N6O2. The fraction of sp³-hybridized carbons (Fsp3) is 0.240. The van der Waals surface area contributed by atoms with E-state index in [2.05, 4.69) is 20.3 Å². The molecule has 1 aliphatic rings. The SMILES string of the molecule is Nc1ncnc2c(C3CCC(=O)CC3)cn(-c3ccc(C(=O)Nc4cc(C(F)(F)F)ccn4)cc3)c12. The van der Waals surface area contributed by atoms with E-state index >= 15 is 0 Å². The molecule has 1 fully saturated rings. The Morgan fingerprint density at radius 3 is 2.47 bits per heavy atom. The predicted octanol–water partition coefficient (Wildman–Crippen LogP) is 4.90. The maximum Gasteiger partial charge on any atom is 0.416 e. The number of nitrogens with one attached hydrogen (secondary N) is 1. The standard InChI is InChI=1S/C25H21F3N6O2/c26-25(27,28)16-9-10-30-20(11-16)33-24(36)15-1-5-17(6-2-15)34-12-19(14-3-7-18(35)8-4-14)21-22(34)23(29)32-13-31-21/h1-2,5-6,9-14H,3-4,7-8H2,(H2,29,31,32)(H,30,33,36). The molecule has 0 bridgehead atoms. The zero-order chi connectivity index (χ0) is 25.4. The number of ketones is 1. The van der Waals surface area contributed by atoms with Gasteiger partial charge in [-0.05, 0) is 60.7 Å². The number of nitrogens with two attached hydrogens (primary N) is 1. The third-order valence-corrected chi connectivity index (χ3v) is 6.35. The lowest BCUT2D eigenvalue weighted by atomic mass is 9.84. The third kappa shape index (κ3) is 4.51. The molecule has 36 heavy (non-hydrogen) atoms. The third-order valence-electron chi connectivity index (χ3n) is 6.35. The Morgan fingerprint density at radius 2 is 1.78 bits per heavy atom. The molecule has 184 valence electrons. The van der Waals surface area contributed by atoms with E-state index in [1.807, 2.05) is 10.8 Å². The number of hydrogen-bond acceptors (Lipinski definition) is 6. The summed E-state index contributed by atoms with van der Waals surface area (Å²) in [5, 5.41) is 2.39. The second-order valence-electron chi connectivity index (χ2n) is 8.65. The molecule has 0 saturated heterocycles. The quantitative estimate of drug-likeness (QED) is 0.417. The summed E-state index contributed by atoms with van der Waals surface area (Å²) in [6.07, 6.45) is 2.35. The van der Waals surface area contributed by atoms with Crippen LogP contribution in [0.1, 0.15) is 53.1 Å². The molecule has 3 N–H and O–H groups in total. The van der Waals surface area contributed by atoms with Crippen molar-refractivity contribution in [2.75, 3.05) is 11.1 Å². The van der Waals surface area contributed by atoms with Crippen LogP contribution in [0.3, 0.4) is 0 Å². The molecular weight excluding hydrogens is 473 g/mol. The molecule has 0 unspecified atom stereocenters. The Kier molecular flexibility index (Phi) is 5.91. The summed E-state index contributed by atoms with van der Waals surface area (Å²) in [6.45, 7) is 0. The highest BCUT2D eigenvalue weighted by Gasteiger charge is 2.31. The molecule has 1 aliphatic carbocycles. The maximum absolute atomic E-state index is 12.9. The van der Waals surface area contributed by atoms with Gasteiger partial charge in [-0.15, -0.1) is 0 Å². The molecule has 1 saturated carbocycles. The van der Waals surface area contributed by atoms with Crippen molar-refractivity contribution in [1.29, 1.82) is 0 Å². The van der Waals surface area contributed by atoms with Crippen molar-refractivity contribution in [2.45, 2.75) is 37.8 Å². The summed E-state index contributed by atoms with van der Waals surface area (Å²) in [7, 11) is 0. The van der Waals surface area contributed by atoms with Gasteiger partial charge >= 0.3 is 6.18 Å². The van der Waals surface area contributed by atoms with E-state index in [0.29, 0.717) is 29.9 Å². The number of nitrogens with zero attached hydrogens (tertiary/aromatic N) is 4. The van der Waals surface area contributed by atoms with Crippen molar-refractivity contribution < 1.29 is 22.8 Å². The zero-order valence-electron chi connectivity index (χ0n) is 18.9. The van der Waals surface area contributed by atoms with Gasteiger partial charge in [-0.2, -0.15) is 13.2 Å². The van der Waals surface area contributed by atoms with Crippen LogP contribution in [0.2, 0.25) is 0 Å². The van der Waals surface area contributed by atoms with Gasteiger partial charge in [0.1, 0.15) is 23.4 Å². The van der Waals surface area contributed by atoms with Gasteiger partial charge in [-0.1, -0.05) is 0 Å². The van der Waals surface area contributed by atoms with Crippen LogP contribution in [0, 0.1) is 0 Å². The van der Waals surface area contributed by atoms with E-state index in [4.69, 9.17) is 5.73 Å². The van der Waals surface area contributed by atoms with Crippen LogP contribution in [0.25, 0.3) is 16.7 Å². The maximum atomic E-state index is 12.9. The fourth-order valence-electron chi connectivity index (χ4n) is 4.50. The molecule has 0 spiro atoms. The number of Topliss-reactive ketones (excluding diaryl/α,β-unsaturated/α-hetero) is 1. The van der Waals surface area contributed by atoms with E-state index in [1.54, 1.807) is 24.3 Å². The molecule has 4 aromatic rings. The average Bonchev–Trinajstić information content (AvgIpc) is 3.25. The van der Waals surface area contributed by atoms with E-state index in [1.165, 1.54) is 6.33 Å². The number of halogens is 3. The number of rotatable bonds is 4. The van der Waals surface area contributed by atoms with E-state index < -0.39 is 17.6 Å². The van der Waals surface area contributed by atoms with Gasteiger partial charge < -0.3 is 15.6 Å². The Balaban J connectivity index is 1.43. The van der Waals surface area contributed by atoms with Crippen LogP contribution in [-0.4, -0.2) is 31.2 Å². The lowest BCUT2D eigenvalue weighted by Crippen LogP contribution is -2.14.